The molecule has 0 spiro atoms. The maximum absolute atomic E-state index is 9.54. The average molecular weight is 191 g/mol. The molecule has 4 nitrogen and oxygen atoms in total. The standard InChI is InChI=1S/C10H13N3O/c1-13-6-8-3-2-7(10(14)5-11)4-9(8)12-13/h2-4,6,10,14H,5,11H2,1H3. The zero-order valence-corrected chi connectivity index (χ0v) is 8.01. The first-order valence-corrected chi connectivity index (χ1v) is 4.52. The van der Waals surface area contributed by atoms with Gasteiger partial charge in [0.25, 0.3) is 0 Å². The number of hydrogen-bond donors (Lipinski definition) is 2. The van der Waals surface area contributed by atoms with Crippen LogP contribution in [-0.2, 0) is 7.05 Å². The summed E-state index contributed by atoms with van der Waals surface area (Å²) in [6, 6.07) is 5.69. The molecule has 74 valence electrons. The van der Waals surface area contributed by atoms with Crippen molar-refractivity contribution in [1.29, 1.82) is 0 Å². The second-order valence-corrected chi connectivity index (χ2v) is 3.37. The molecular formula is C10H13N3O. The molecule has 0 amide bonds. The smallest absolute Gasteiger partial charge is 0.0926 e. The molecule has 3 N–H and O–H groups in total. The molecule has 1 aromatic carbocycles. The Balaban J connectivity index is 2.50. The van der Waals surface area contributed by atoms with Crippen molar-refractivity contribution in [2.45, 2.75) is 6.10 Å². The van der Waals surface area contributed by atoms with Gasteiger partial charge in [-0.25, -0.2) is 0 Å². The molecule has 0 aliphatic carbocycles. The summed E-state index contributed by atoms with van der Waals surface area (Å²) in [5.41, 5.74) is 7.08. The summed E-state index contributed by atoms with van der Waals surface area (Å²) in [7, 11) is 1.87. The SMILES string of the molecule is Cn1cc2ccc(C(O)CN)cc2n1. The highest BCUT2D eigenvalue weighted by Crippen LogP contribution is 2.18. The zero-order valence-electron chi connectivity index (χ0n) is 8.01. The summed E-state index contributed by atoms with van der Waals surface area (Å²) < 4.78 is 1.75. The second-order valence-electron chi connectivity index (χ2n) is 3.37. The minimum absolute atomic E-state index is 0.234. The van der Waals surface area contributed by atoms with E-state index in [-0.39, 0.29) is 6.54 Å². The van der Waals surface area contributed by atoms with E-state index >= 15 is 0 Å². The van der Waals surface area contributed by atoms with Gasteiger partial charge in [0.15, 0.2) is 0 Å². The predicted molar refractivity (Wildman–Crippen MR) is 54.7 cm³/mol. The van der Waals surface area contributed by atoms with Gasteiger partial charge in [-0.15, -0.1) is 0 Å². The lowest BCUT2D eigenvalue weighted by Gasteiger charge is -2.06. The fourth-order valence-corrected chi connectivity index (χ4v) is 1.50. The number of benzene rings is 1. The van der Waals surface area contributed by atoms with Crippen molar-refractivity contribution in [3.8, 4) is 0 Å². The number of hydrogen-bond acceptors (Lipinski definition) is 3. The Morgan fingerprint density at radius 3 is 3.07 bits per heavy atom. The third kappa shape index (κ3) is 1.49. The van der Waals surface area contributed by atoms with Gasteiger partial charge in [0.05, 0.1) is 11.6 Å². The van der Waals surface area contributed by atoms with E-state index < -0.39 is 6.10 Å². The Morgan fingerprint density at radius 2 is 2.36 bits per heavy atom. The summed E-state index contributed by atoms with van der Waals surface area (Å²) in [4.78, 5) is 0. The Bertz CT molecular complexity index is 450. The van der Waals surface area contributed by atoms with E-state index in [1.807, 2.05) is 31.4 Å². The number of nitrogens with zero attached hydrogens (tertiary/aromatic N) is 2. The first-order valence-electron chi connectivity index (χ1n) is 4.52. The van der Waals surface area contributed by atoms with Crippen molar-refractivity contribution in [2.24, 2.45) is 12.8 Å². The molecule has 0 aliphatic rings. The van der Waals surface area contributed by atoms with Gasteiger partial charge in [0, 0.05) is 25.2 Å². The Hall–Kier alpha value is -1.39. The van der Waals surface area contributed by atoms with Gasteiger partial charge in [-0.3, -0.25) is 4.68 Å². The lowest BCUT2D eigenvalue weighted by Crippen LogP contribution is -2.11. The molecule has 0 saturated carbocycles. The first kappa shape index (κ1) is 9.18. The number of aliphatic hydroxyl groups excluding tert-OH is 1. The van der Waals surface area contributed by atoms with Crippen LogP contribution in [0.5, 0.6) is 0 Å². The zero-order chi connectivity index (χ0) is 10.1. The second kappa shape index (κ2) is 3.40. The van der Waals surface area contributed by atoms with Crippen LogP contribution in [0, 0.1) is 0 Å². The summed E-state index contributed by atoms with van der Waals surface area (Å²) in [5.74, 6) is 0. The normalized spacial score (nSPS) is 13.4. The van der Waals surface area contributed by atoms with Gasteiger partial charge in [0.2, 0.25) is 0 Å². The topological polar surface area (TPSA) is 64.1 Å². The van der Waals surface area contributed by atoms with Crippen LogP contribution in [0.4, 0.5) is 0 Å². The van der Waals surface area contributed by atoms with Crippen LogP contribution in [-0.4, -0.2) is 21.4 Å². The minimum Gasteiger partial charge on any atom is -0.387 e. The highest BCUT2D eigenvalue weighted by molar-refractivity contribution is 5.78. The number of rotatable bonds is 2. The molecule has 0 aliphatic heterocycles. The third-order valence-corrected chi connectivity index (χ3v) is 2.25. The summed E-state index contributed by atoms with van der Waals surface area (Å²) in [6.45, 7) is 0.234. The van der Waals surface area contributed by atoms with Gasteiger partial charge in [0.1, 0.15) is 0 Å². The van der Waals surface area contributed by atoms with E-state index in [1.165, 1.54) is 0 Å². The van der Waals surface area contributed by atoms with Crippen LogP contribution >= 0.6 is 0 Å². The Morgan fingerprint density at radius 1 is 1.57 bits per heavy atom. The summed E-state index contributed by atoms with van der Waals surface area (Å²) in [6.07, 6.45) is 1.34. The van der Waals surface area contributed by atoms with Crippen molar-refractivity contribution < 1.29 is 5.11 Å². The molecule has 1 aromatic heterocycles. The monoisotopic (exact) mass is 191 g/mol. The van der Waals surface area contributed by atoms with Gasteiger partial charge >= 0.3 is 0 Å². The predicted octanol–water partition coefficient (Wildman–Crippen LogP) is 0.565. The van der Waals surface area contributed by atoms with Crippen molar-refractivity contribution in [1.82, 2.24) is 9.78 Å². The van der Waals surface area contributed by atoms with Crippen molar-refractivity contribution >= 4 is 10.9 Å². The molecule has 14 heavy (non-hydrogen) atoms. The van der Waals surface area contributed by atoms with Crippen LogP contribution in [0.25, 0.3) is 10.9 Å². The Kier molecular flexibility index (Phi) is 2.23. The van der Waals surface area contributed by atoms with Crippen molar-refractivity contribution in [3.63, 3.8) is 0 Å². The van der Waals surface area contributed by atoms with Gasteiger partial charge in [-0.05, 0) is 11.6 Å². The van der Waals surface area contributed by atoms with E-state index in [1.54, 1.807) is 4.68 Å². The number of aromatic nitrogens is 2. The fourth-order valence-electron chi connectivity index (χ4n) is 1.50. The molecular weight excluding hydrogens is 178 g/mol. The molecule has 1 heterocycles. The lowest BCUT2D eigenvalue weighted by atomic mass is 10.1. The molecule has 0 bridgehead atoms. The van der Waals surface area contributed by atoms with Crippen LogP contribution in [0.2, 0.25) is 0 Å². The molecule has 0 saturated heterocycles. The van der Waals surface area contributed by atoms with Gasteiger partial charge in [-0.1, -0.05) is 12.1 Å². The maximum atomic E-state index is 9.54. The molecule has 1 unspecified atom stereocenters. The van der Waals surface area contributed by atoms with E-state index in [0.717, 1.165) is 16.5 Å². The molecule has 1 atom stereocenters. The number of fused-ring (bicyclic) bond motifs is 1. The van der Waals surface area contributed by atoms with Crippen LogP contribution < -0.4 is 5.73 Å². The maximum Gasteiger partial charge on any atom is 0.0926 e. The minimum atomic E-state index is -0.596. The average Bonchev–Trinajstić information content (AvgIpc) is 2.55. The molecule has 0 fully saturated rings. The molecule has 4 heteroatoms. The molecule has 2 aromatic rings. The van der Waals surface area contributed by atoms with Crippen LogP contribution in [0.15, 0.2) is 24.4 Å². The number of nitrogens with two attached hydrogens (primary N) is 1. The van der Waals surface area contributed by atoms with Crippen molar-refractivity contribution in [2.75, 3.05) is 6.54 Å². The highest BCUT2D eigenvalue weighted by Gasteiger charge is 2.06. The Labute approximate surface area is 81.9 Å². The van der Waals surface area contributed by atoms with E-state index in [9.17, 15) is 5.11 Å². The third-order valence-electron chi connectivity index (χ3n) is 2.25. The highest BCUT2D eigenvalue weighted by atomic mass is 16.3. The summed E-state index contributed by atoms with van der Waals surface area (Å²) in [5, 5.41) is 14.9. The quantitative estimate of drug-likeness (QED) is 0.729. The lowest BCUT2D eigenvalue weighted by molar-refractivity contribution is 0.187. The van der Waals surface area contributed by atoms with Crippen molar-refractivity contribution in [3.05, 3.63) is 30.0 Å². The summed E-state index contributed by atoms with van der Waals surface area (Å²) >= 11 is 0. The van der Waals surface area contributed by atoms with E-state index in [4.69, 9.17) is 5.73 Å². The van der Waals surface area contributed by atoms with E-state index in [2.05, 4.69) is 5.10 Å². The van der Waals surface area contributed by atoms with Gasteiger partial charge < -0.3 is 10.8 Å². The number of aryl methyl sites for hydroxylation is 1. The van der Waals surface area contributed by atoms with Gasteiger partial charge in [-0.2, -0.15) is 5.10 Å². The molecule has 2 rings (SSSR count). The van der Waals surface area contributed by atoms with Crippen LogP contribution in [0.3, 0.4) is 0 Å². The fraction of sp³-hybridized carbons (Fsp3) is 0.300. The van der Waals surface area contributed by atoms with E-state index in [0.29, 0.717) is 0 Å². The molecule has 0 radical (unpaired) electrons. The number of aliphatic hydroxyl groups is 1. The largest absolute Gasteiger partial charge is 0.387 e. The first-order chi connectivity index (χ1) is 6.70. The van der Waals surface area contributed by atoms with Crippen LogP contribution in [0.1, 0.15) is 11.7 Å².